The van der Waals surface area contributed by atoms with Crippen molar-refractivity contribution in [3.05, 3.63) is 0 Å². The zero-order valence-electron chi connectivity index (χ0n) is 4.69. The number of halogens is 2. The van der Waals surface area contributed by atoms with Crippen LogP contribution in [0.2, 0.25) is 0 Å². The summed E-state index contributed by atoms with van der Waals surface area (Å²) in [7, 11) is 0. The molecule has 1 saturated heterocycles. The molecule has 1 aliphatic heterocycles. The van der Waals surface area contributed by atoms with E-state index in [2.05, 4.69) is 21.2 Å². The van der Waals surface area contributed by atoms with E-state index in [0.717, 1.165) is 11.4 Å². The summed E-state index contributed by atoms with van der Waals surface area (Å²) in [6.45, 7) is 2.36. The molecule has 1 aliphatic rings. The molecule has 0 bridgehead atoms. The van der Waals surface area contributed by atoms with E-state index < -0.39 is 0 Å². The molecule has 0 saturated carbocycles. The van der Waals surface area contributed by atoms with Gasteiger partial charge < -0.3 is 5.32 Å². The molecule has 0 aliphatic carbocycles. The largest absolute Gasteiger partial charge is 0.316 e. The van der Waals surface area contributed by atoms with Gasteiger partial charge in [0.15, 0.2) is 0 Å². The zero-order valence-corrected chi connectivity index (χ0v) is 7.09. The molecule has 0 radical (unpaired) electrons. The van der Waals surface area contributed by atoms with Crippen LogP contribution in [0.3, 0.4) is 0 Å². The second-order valence-electron chi connectivity index (χ2n) is 1.94. The zero-order chi connectivity index (χ0) is 5.11. The maximum absolute atomic E-state index is 3.53. The molecule has 1 fully saturated rings. The fraction of sp³-hybridized carbons (Fsp3) is 1.00. The molecule has 0 aromatic heterocycles. The number of hydrogen-bond donors (Lipinski definition) is 1. The minimum atomic E-state index is 0. The van der Waals surface area contributed by atoms with Crippen LogP contribution in [0.5, 0.6) is 0 Å². The maximum atomic E-state index is 3.53. The third-order valence-electron chi connectivity index (χ3n) is 1.24. The Kier molecular flexibility index (Phi) is 5.01. The molecule has 50 valence electrons. The highest BCUT2D eigenvalue weighted by atomic mass is 79.9. The second-order valence-corrected chi connectivity index (χ2v) is 3.24. The van der Waals surface area contributed by atoms with Crippen molar-refractivity contribution < 1.29 is 0 Å². The smallest absolute Gasteiger partial charge is 0.0271 e. The lowest BCUT2D eigenvalue weighted by molar-refractivity contribution is 0.536. The molecule has 8 heavy (non-hydrogen) atoms. The van der Waals surface area contributed by atoms with Gasteiger partial charge in [-0.1, -0.05) is 15.9 Å². The van der Waals surface area contributed by atoms with E-state index in [0.29, 0.717) is 0 Å². The first kappa shape index (κ1) is 8.73. The Morgan fingerprint density at radius 2 is 2.25 bits per heavy atom. The first-order valence-corrected chi connectivity index (χ1v) is 3.66. The fourth-order valence-corrected chi connectivity index (χ4v) is 1.36. The van der Waals surface area contributed by atoms with Crippen LogP contribution in [-0.2, 0) is 0 Å². The summed E-state index contributed by atoms with van der Waals surface area (Å²) in [5.41, 5.74) is 0. The van der Waals surface area contributed by atoms with Crippen molar-refractivity contribution in [1.82, 2.24) is 5.32 Å². The Balaban J connectivity index is 0.000000490. The normalized spacial score (nSPS) is 28.9. The third kappa shape index (κ3) is 2.90. The summed E-state index contributed by atoms with van der Waals surface area (Å²) in [5.74, 6) is 0. The van der Waals surface area contributed by atoms with Crippen LogP contribution in [0.1, 0.15) is 12.8 Å². The number of piperidine rings is 1. The van der Waals surface area contributed by atoms with Crippen LogP contribution in [-0.4, -0.2) is 17.9 Å². The highest BCUT2D eigenvalue weighted by molar-refractivity contribution is 9.09. The molecule has 0 amide bonds. The van der Waals surface area contributed by atoms with Gasteiger partial charge in [0.2, 0.25) is 0 Å². The monoisotopic (exact) mass is 199 g/mol. The van der Waals surface area contributed by atoms with E-state index in [4.69, 9.17) is 0 Å². The van der Waals surface area contributed by atoms with E-state index >= 15 is 0 Å². The van der Waals surface area contributed by atoms with Crippen molar-refractivity contribution in [3.63, 3.8) is 0 Å². The van der Waals surface area contributed by atoms with Gasteiger partial charge in [-0.15, -0.1) is 12.4 Å². The van der Waals surface area contributed by atoms with Crippen molar-refractivity contribution in [2.45, 2.75) is 17.7 Å². The number of hydrogen-bond acceptors (Lipinski definition) is 1. The quantitative estimate of drug-likeness (QED) is 0.585. The Labute approximate surface area is 64.8 Å². The lowest BCUT2D eigenvalue weighted by Crippen LogP contribution is -2.29. The first-order chi connectivity index (χ1) is 3.39. The van der Waals surface area contributed by atoms with Gasteiger partial charge in [0.1, 0.15) is 0 Å². The molecule has 1 N–H and O–H groups in total. The van der Waals surface area contributed by atoms with Gasteiger partial charge in [-0.05, 0) is 19.4 Å². The highest BCUT2D eigenvalue weighted by Gasteiger charge is 2.06. The van der Waals surface area contributed by atoms with Crippen molar-refractivity contribution in [2.75, 3.05) is 13.1 Å². The van der Waals surface area contributed by atoms with Gasteiger partial charge in [0, 0.05) is 11.4 Å². The molecule has 0 spiro atoms. The van der Waals surface area contributed by atoms with E-state index in [1.54, 1.807) is 0 Å². The summed E-state index contributed by atoms with van der Waals surface area (Å²) >= 11 is 3.53. The van der Waals surface area contributed by atoms with Gasteiger partial charge >= 0.3 is 0 Å². The van der Waals surface area contributed by atoms with Crippen LogP contribution >= 0.6 is 28.3 Å². The predicted octanol–water partition coefficient (Wildman–Crippen LogP) is 1.56. The summed E-state index contributed by atoms with van der Waals surface area (Å²) in [4.78, 5) is 0.737. The van der Waals surface area contributed by atoms with Crippen LogP contribution < -0.4 is 5.32 Å². The summed E-state index contributed by atoms with van der Waals surface area (Å²) < 4.78 is 0. The number of nitrogens with one attached hydrogen (secondary N) is 1. The average molecular weight is 201 g/mol. The van der Waals surface area contributed by atoms with Gasteiger partial charge in [-0.2, -0.15) is 0 Å². The summed E-state index contributed by atoms with van der Waals surface area (Å²) in [5, 5.41) is 3.29. The van der Waals surface area contributed by atoms with Crippen LogP contribution in [0.25, 0.3) is 0 Å². The fourth-order valence-electron chi connectivity index (χ4n) is 0.809. The Morgan fingerprint density at radius 1 is 1.50 bits per heavy atom. The maximum Gasteiger partial charge on any atom is 0.0271 e. The van der Waals surface area contributed by atoms with E-state index in [1.165, 1.54) is 19.4 Å². The molecule has 0 aromatic rings. The molecule has 1 atom stereocenters. The molecule has 1 rings (SSSR count). The molecule has 1 heterocycles. The lowest BCUT2D eigenvalue weighted by Gasteiger charge is -2.15. The SMILES string of the molecule is BrC1CCCNC1.Cl. The van der Waals surface area contributed by atoms with E-state index in [9.17, 15) is 0 Å². The van der Waals surface area contributed by atoms with Crippen molar-refractivity contribution >= 4 is 28.3 Å². The predicted molar refractivity (Wildman–Crippen MR) is 42.1 cm³/mol. The number of rotatable bonds is 0. The minimum absolute atomic E-state index is 0. The third-order valence-corrected chi connectivity index (χ3v) is 2.02. The lowest BCUT2D eigenvalue weighted by atomic mass is 10.2. The topological polar surface area (TPSA) is 12.0 Å². The van der Waals surface area contributed by atoms with E-state index in [1.807, 2.05) is 0 Å². The Morgan fingerprint density at radius 3 is 2.50 bits per heavy atom. The summed E-state index contributed by atoms with van der Waals surface area (Å²) in [6.07, 6.45) is 2.67. The standard InChI is InChI=1S/C5H10BrN.ClH/c6-5-2-1-3-7-4-5;/h5,7H,1-4H2;1H. The van der Waals surface area contributed by atoms with Gasteiger partial charge in [0.05, 0.1) is 0 Å². The average Bonchev–Trinajstić information content (AvgIpc) is 1.69. The number of alkyl halides is 1. The van der Waals surface area contributed by atoms with Crippen molar-refractivity contribution in [2.24, 2.45) is 0 Å². The Bertz CT molecular complexity index is 54.4. The second kappa shape index (κ2) is 4.59. The van der Waals surface area contributed by atoms with Gasteiger partial charge in [-0.25, -0.2) is 0 Å². The van der Waals surface area contributed by atoms with Gasteiger partial charge in [-0.3, -0.25) is 0 Å². The minimum Gasteiger partial charge on any atom is -0.316 e. The molecular formula is C5H11BrClN. The molecule has 3 heteroatoms. The van der Waals surface area contributed by atoms with Crippen LogP contribution in [0, 0.1) is 0 Å². The molecule has 1 nitrogen and oxygen atoms in total. The van der Waals surface area contributed by atoms with E-state index in [-0.39, 0.29) is 12.4 Å². The first-order valence-electron chi connectivity index (χ1n) is 2.74. The molecule has 0 aromatic carbocycles. The summed E-state index contributed by atoms with van der Waals surface area (Å²) in [6, 6.07) is 0. The molecule has 1 unspecified atom stereocenters. The highest BCUT2D eigenvalue weighted by Crippen LogP contribution is 2.09. The Hall–Kier alpha value is 0.730. The van der Waals surface area contributed by atoms with Crippen LogP contribution in [0.15, 0.2) is 0 Å². The van der Waals surface area contributed by atoms with Crippen molar-refractivity contribution in [1.29, 1.82) is 0 Å². The molecular weight excluding hydrogens is 189 g/mol. The van der Waals surface area contributed by atoms with Crippen LogP contribution in [0.4, 0.5) is 0 Å². The van der Waals surface area contributed by atoms with Gasteiger partial charge in [0.25, 0.3) is 0 Å². The van der Waals surface area contributed by atoms with Crippen molar-refractivity contribution in [3.8, 4) is 0 Å².